The molecule has 0 saturated heterocycles. The van der Waals surface area contributed by atoms with Crippen LogP contribution in [-0.2, 0) is 58.1 Å². The number of aryl methyl sites for hydroxylation is 3. The molecule has 2 N–H and O–H groups in total. The van der Waals surface area contributed by atoms with Crippen LogP contribution in [0.4, 0.5) is 17.1 Å². The summed E-state index contributed by atoms with van der Waals surface area (Å²) in [4.78, 5) is 75.0. The van der Waals surface area contributed by atoms with E-state index in [0.29, 0.717) is 46.9 Å². The second kappa shape index (κ2) is 22.8. The van der Waals surface area contributed by atoms with Crippen LogP contribution in [0.3, 0.4) is 0 Å². The summed E-state index contributed by atoms with van der Waals surface area (Å²) in [6.45, 7) is 7.61. The summed E-state index contributed by atoms with van der Waals surface area (Å²) in [5.74, 6) is -0.699. The molecule has 16 heteroatoms. The summed E-state index contributed by atoms with van der Waals surface area (Å²) in [5.41, 5.74) is 10.4. The van der Waals surface area contributed by atoms with E-state index in [1.807, 2.05) is 103 Å². The van der Waals surface area contributed by atoms with E-state index in [2.05, 4.69) is 22.6 Å². The molecule has 4 heterocycles. The van der Waals surface area contributed by atoms with Crippen molar-refractivity contribution in [3.63, 3.8) is 0 Å². The highest BCUT2D eigenvalue weighted by molar-refractivity contribution is 8.77. The smallest absolute Gasteiger partial charge is 0.307 e. The van der Waals surface area contributed by atoms with Gasteiger partial charge >= 0.3 is 5.97 Å². The number of carboxylic acid groups (broad SMARTS) is 1. The zero-order valence-electron chi connectivity index (χ0n) is 42.4. The fourth-order valence-electron chi connectivity index (χ4n) is 10.4. The Morgan fingerprint density at radius 2 is 1.38 bits per heavy atom. The average molecular weight is 1040 g/mol. The minimum atomic E-state index is -1.06. The third-order valence-corrected chi connectivity index (χ3v) is 17.6. The number of nitrogens with one attached hydrogen (secondary N) is 1. The number of ether oxygens (including phenoxy) is 3. The van der Waals surface area contributed by atoms with Gasteiger partial charge in [0.1, 0.15) is 19.0 Å². The summed E-state index contributed by atoms with van der Waals surface area (Å²) in [7, 11) is 4.41. The fraction of sp³-hybridized carbons (Fsp3) is 0.379. The quantitative estimate of drug-likeness (QED) is 0.0405. The van der Waals surface area contributed by atoms with E-state index < -0.39 is 16.6 Å². The van der Waals surface area contributed by atoms with Gasteiger partial charge in [-0.25, -0.2) is 0 Å². The molecule has 0 saturated carbocycles. The third kappa shape index (κ3) is 11.8. The van der Waals surface area contributed by atoms with Crippen LogP contribution in [-0.4, -0.2) is 77.1 Å². The normalized spacial score (nSPS) is 17.0. The number of hydrogen-bond acceptors (Lipinski definition) is 12. The van der Waals surface area contributed by atoms with Crippen molar-refractivity contribution in [3.8, 4) is 17.2 Å². The SMILES string of the molecule is CC=NOCC(=O)CC(CSSC(C)(C)CCC(=O)Nc1cc(COc2cc3c(cc2C)C(=O)N2c4ccccc4C[C@H]2CC3)cc(COc2cc3c(cc2OC)C(=O)N2c4ccccc4C[C@H]2CC3)c1)C(=O)O. The highest BCUT2D eigenvalue weighted by Gasteiger charge is 2.39. The standard InChI is InChI=1S/C58H62N4O10S2/c1-6-59-72-33-46(63)27-42(57(67)68)34-73-74-58(3,4)20-19-54(64)60-43-23-36(31-70-51-28-38-15-17-44-25-40-11-7-9-13-49(40)61(44)55(65)47(38)21-35(51)2)22-37(24-43)32-71-53-29-39-16-18-45-26-41-12-8-10-14-50(41)62(45)56(66)48(39)30-52(53)69-5/h6-14,21-24,28-30,42,44-45H,15-20,25-27,31-34H2,1-5H3,(H,60,64)(H,67,68)/t42?,44-,45-/m1/s1. The van der Waals surface area contributed by atoms with Crippen LogP contribution in [0, 0.1) is 12.8 Å². The van der Waals surface area contributed by atoms with E-state index in [-0.39, 0.29) is 74.0 Å². The molecule has 0 aliphatic carbocycles. The lowest BCUT2D eigenvalue weighted by atomic mass is 9.98. The molecule has 9 rings (SSSR count). The zero-order chi connectivity index (χ0) is 52.1. The minimum Gasteiger partial charge on any atom is -0.493 e. The maximum atomic E-state index is 14.2. The Kier molecular flexibility index (Phi) is 16.0. The lowest BCUT2D eigenvalue weighted by Gasteiger charge is -2.24. The number of anilines is 3. The molecule has 74 heavy (non-hydrogen) atoms. The Balaban J connectivity index is 0.903. The molecule has 3 atom stereocenters. The van der Waals surface area contributed by atoms with Crippen LogP contribution < -0.4 is 29.3 Å². The number of carbonyl (C=O) groups excluding carboxylic acids is 4. The number of Topliss-reactive ketones (excluding diaryl/α,β-unsaturated/α-hetero) is 1. The first kappa shape index (κ1) is 52.1. The van der Waals surface area contributed by atoms with Crippen molar-refractivity contribution < 1.29 is 48.1 Å². The molecular formula is C58H62N4O10S2. The molecule has 5 aromatic rings. The number of rotatable bonds is 21. The Bertz CT molecular complexity index is 3010. The van der Waals surface area contributed by atoms with E-state index >= 15 is 0 Å². The van der Waals surface area contributed by atoms with E-state index in [9.17, 15) is 29.1 Å². The van der Waals surface area contributed by atoms with Crippen LogP contribution in [0.2, 0.25) is 0 Å². The maximum Gasteiger partial charge on any atom is 0.307 e. The number of ketones is 1. The molecule has 1 unspecified atom stereocenters. The summed E-state index contributed by atoms with van der Waals surface area (Å²) in [6, 6.07) is 29.8. The van der Waals surface area contributed by atoms with Crippen molar-refractivity contribution in [1.82, 2.24) is 0 Å². The zero-order valence-corrected chi connectivity index (χ0v) is 44.1. The number of carboxylic acids is 1. The van der Waals surface area contributed by atoms with Gasteiger partial charge in [0.05, 0.1) is 13.0 Å². The van der Waals surface area contributed by atoms with Gasteiger partial charge in [0.25, 0.3) is 11.8 Å². The van der Waals surface area contributed by atoms with Gasteiger partial charge < -0.3 is 39.3 Å². The first-order valence-corrected chi connectivity index (χ1v) is 27.5. The van der Waals surface area contributed by atoms with Crippen LogP contribution in [0.25, 0.3) is 0 Å². The summed E-state index contributed by atoms with van der Waals surface area (Å²) >= 11 is 0. The first-order chi connectivity index (χ1) is 35.7. The molecule has 0 bridgehead atoms. The van der Waals surface area contributed by atoms with Crippen molar-refractivity contribution in [2.45, 2.75) is 116 Å². The lowest BCUT2D eigenvalue weighted by Crippen LogP contribution is -2.36. The molecule has 3 amide bonds. The second-order valence-corrected chi connectivity index (χ2v) is 23.1. The topological polar surface area (TPSA) is 173 Å². The molecule has 4 aliphatic heterocycles. The van der Waals surface area contributed by atoms with Crippen molar-refractivity contribution in [2.75, 3.05) is 34.6 Å². The Morgan fingerprint density at radius 1 is 0.797 bits per heavy atom. The Morgan fingerprint density at radius 3 is 1.97 bits per heavy atom. The number of amides is 3. The van der Waals surface area contributed by atoms with Crippen molar-refractivity contribution >= 4 is 74.3 Å². The number of oxime groups is 1. The third-order valence-electron chi connectivity index (χ3n) is 14.2. The Labute approximate surface area is 439 Å². The number of fused-ring (bicyclic) bond motifs is 8. The monoisotopic (exact) mass is 1040 g/mol. The summed E-state index contributed by atoms with van der Waals surface area (Å²) in [5, 5.41) is 16.4. The fourth-order valence-corrected chi connectivity index (χ4v) is 13.3. The number of aliphatic carboxylic acids is 1. The van der Waals surface area contributed by atoms with Gasteiger partial charge in [-0.3, -0.25) is 24.0 Å². The molecule has 0 aromatic heterocycles. The van der Waals surface area contributed by atoms with Gasteiger partial charge in [0, 0.05) is 69.8 Å². The molecule has 0 spiro atoms. The van der Waals surface area contributed by atoms with Crippen LogP contribution >= 0.6 is 21.6 Å². The van der Waals surface area contributed by atoms with E-state index in [1.54, 1.807) is 20.1 Å². The Hall–Kier alpha value is -6.78. The molecular weight excluding hydrogens is 977 g/mol. The maximum absolute atomic E-state index is 14.2. The van der Waals surface area contributed by atoms with Crippen molar-refractivity contribution in [1.29, 1.82) is 0 Å². The van der Waals surface area contributed by atoms with E-state index in [1.165, 1.54) is 38.9 Å². The number of hydrogen-bond donors (Lipinski definition) is 2. The number of methoxy groups -OCH3 is 1. The lowest BCUT2D eigenvalue weighted by molar-refractivity contribution is -0.143. The number of benzene rings is 5. The minimum absolute atomic E-state index is 0.0139. The highest BCUT2D eigenvalue weighted by Crippen LogP contribution is 2.43. The molecule has 4 aliphatic rings. The highest BCUT2D eigenvalue weighted by atomic mass is 33.1. The van der Waals surface area contributed by atoms with Gasteiger partial charge in [0.15, 0.2) is 23.9 Å². The van der Waals surface area contributed by atoms with Crippen LogP contribution in [0.15, 0.2) is 96.2 Å². The predicted molar refractivity (Wildman–Crippen MR) is 290 cm³/mol. The average Bonchev–Trinajstić information content (AvgIpc) is 3.88. The summed E-state index contributed by atoms with van der Waals surface area (Å²) in [6.07, 6.45) is 6.68. The van der Waals surface area contributed by atoms with Gasteiger partial charge in [-0.15, -0.1) is 0 Å². The second-order valence-electron chi connectivity index (χ2n) is 20.0. The van der Waals surface area contributed by atoms with Crippen LogP contribution in [0.1, 0.15) is 113 Å². The van der Waals surface area contributed by atoms with Gasteiger partial charge in [-0.2, -0.15) is 0 Å². The number of nitrogens with zero attached hydrogens (tertiary/aromatic N) is 3. The molecule has 14 nitrogen and oxygen atoms in total. The molecule has 0 fully saturated rings. The van der Waals surface area contributed by atoms with Crippen molar-refractivity contribution in [3.05, 3.63) is 141 Å². The molecule has 0 radical (unpaired) electrons. The van der Waals surface area contributed by atoms with E-state index in [4.69, 9.17) is 19.0 Å². The predicted octanol–water partition coefficient (Wildman–Crippen LogP) is 10.8. The van der Waals surface area contributed by atoms with Gasteiger partial charge in [0.2, 0.25) is 5.91 Å². The van der Waals surface area contributed by atoms with Crippen molar-refractivity contribution in [2.24, 2.45) is 11.1 Å². The van der Waals surface area contributed by atoms with E-state index in [0.717, 1.165) is 71.3 Å². The van der Waals surface area contributed by atoms with Crippen LogP contribution in [0.5, 0.6) is 17.2 Å². The summed E-state index contributed by atoms with van der Waals surface area (Å²) < 4.78 is 18.5. The largest absolute Gasteiger partial charge is 0.493 e. The molecule has 386 valence electrons. The number of para-hydroxylation sites is 2. The van der Waals surface area contributed by atoms with Gasteiger partial charge in [-0.05, 0) is 166 Å². The number of carbonyl (C=O) groups is 5. The molecule has 5 aromatic carbocycles. The van der Waals surface area contributed by atoms with Gasteiger partial charge in [-0.1, -0.05) is 63.1 Å². The first-order valence-electron chi connectivity index (χ1n) is 25.2.